The highest BCUT2D eigenvalue weighted by atomic mass is 19.1. The number of hydrogen-bond acceptors (Lipinski definition) is 7. The Kier molecular flexibility index (Phi) is 6.84. The number of aromatic nitrogens is 3. The number of nitrogens with one attached hydrogen (secondary N) is 2. The van der Waals surface area contributed by atoms with Crippen LogP contribution >= 0.6 is 0 Å². The molecule has 2 aromatic carbocycles. The van der Waals surface area contributed by atoms with Gasteiger partial charge in [-0.15, -0.1) is 0 Å². The Balaban J connectivity index is 1.48. The normalized spacial score (nSPS) is 13.9. The third-order valence-corrected chi connectivity index (χ3v) is 6.32. The smallest absolute Gasteiger partial charge is 0.247 e. The molecule has 4 aromatic rings. The molecule has 1 aliphatic heterocycles. The van der Waals surface area contributed by atoms with Gasteiger partial charge in [0.05, 0.1) is 16.8 Å². The van der Waals surface area contributed by atoms with Crippen molar-refractivity contribution in [1.82, 2.24) is 19.4 Å². The molecule has 0 unspecified atom stereocenters. The molecule has 0 atom stereocenters. The molecule has 2 N–H and O–H groups in total. The van der Waals surface area contributed by atoms with Crippen LogP contribution in [0.1, 0.15) is 0 Å². The average molecular weight is 518 g/mol. The number of rotatable bonds is 6. The Morgan fingerprint density at radius 2 is 1.84 bits per heavy atom. The SMILES string of the molecule is C=CC(=O)Nc1cc(F)cc(-n2ccc(=O)c3cnc(Nc4ccc(N5CCN(C)CC5)cc4F)nc32)c1. The van der Waals surface area contributed by atoms with Crippen molar-refractivity contribution in [1.29, 1.82) is 0 Å². The molecule has 1 saturated heterocycles. The molecule has 0 bridgehead atoms. The van der Waals surface area contributed by atoms with E-state index in [1.54, 1.807) is 6.07 Å². The van der Waals surface area contributed by atoms with Crippen molar-refractivity contribution in [3.8, 4) is 5.69 Å². The van der Waals surface area contributed by atoms with Crippen molar-refractivity contribution in [2.75, 3.05) is 48.8 Å². The number of benzene rings is 2. The van der Waals surface area contributed by atoms with Crippen molar-refractivity contribution in [2.45, 2.75) is 0 Å². The number of carbonyl (C=O) groups excluding carboxylic acids is 1. The summed E-state index contributed by atoms with van der Waals surface area (Å²) in [6.07, 6.45) is 3.85. The van der Waals surface area contributed by atoms with Gasteiger partial charge in [-0.05, 0) is 49.5 Å². The van der Waals surface area contributed by atoms with E-state index in [-0.39, 0.29) is 33.8 Å². The van der Waals surface area contributed by atoms with Gasteiger partial charge in [0.25, 0.3) is 0 Å². The van der Waals surface area contributed by atoms with Crippen LogP contribution in [0.3, 0.4) is 0 Å². The first-order chi connectivity index (χ1) is 18.3. The highest BCUT2D eigenvalue weighted by Gasteiger charge is 2.17. The van der Waals surface area contributed by atoms with Crippen LogP contribution < -0.4 is 21.0 Å². The maximum absolute atomic E-state index is 15.0. The van der Waals surface area contributed by atoms with E-state index in [0.29, 0.717) is 5.69 Å². The third-order valence-electron chi connectivity index (χ3n) is 6.32. The lowest BCUT2D eigenvalue weighted by molar-refractivity contribution is -0.111. The molecule has 0 radical (unpaired) electrons. The van der Waals surface area contributed by atoms with Gasteiger partial charge in [-0.3, -0.25) is 9.59 Å². The largest absolute Gasteiger partial charge is 0.369 e. The summed E-state index contributed by atoms with van der Waals surface area (Å²) in [7, 11) is 2.06. The Morgan fingerprint density at radius 1 is 1.05 bits per heavy atom. The molecule has 2 aromatic heterocycles. The van der Waals surface area contributed by atoms with E-state index in [4.69, 9.17) is 0 Å². The standard InChI is InChI=1S/C27H25F2N7O2/c1-3-25(38)31-18-12-17(28)13-20(14-18)36-7-6-24(37)21-16-30-27(33-26(21)36)32-23-5-4-19(15-22(23)29)35-10-8-34(2)9-11-35/h3-7,12-16H,1,8-11H2,2H3,(H,31,38)(H,30,32,33). The summed E-state index contributed by atoms with van der Waals surface area (Å²) in [5.74, 6) is -1.52. The molecule has 3 heterocycles. The summed E-state index contributed by atoms with van der Waals surface area (Å²) in [5.41, 5.74) is 1.32. The maximum Gasteiger partial charge on any atom is 0.247 e. The van der Waals surface area contributed by atoms with Crippen LogP contribution in [-0.4, -0.2) is 58.6 Å². The van der Waals surface area contributed by atoms with Crippen molar-refractivity contribution in [3.63, 3.8) is 0 Å². The molecule has 0 spiro atoms. The summed E-state index contributed by atoms with van der Waals surface area (Å²) in [4.78, 5) is 37.2. The first-order valence-corrected chi connectivity index (χ1v) is 11.9. The molecule has 194 valence electrons. The lowest BCUT2D eigenvalue weighted by atomic mass is 10.2. The second-order valence-electron chi connectivity index (χ2n) is 8.95. The average Bonchev–Trinajstić information content (AvgIpc) is 2.90. The second-order valence-corrected chi connectivity index (χ2v) is 8.95. The van der Waals surface area contributed by atoms with Gasteiger partial charge in [-0.1, -0.05) is 6.58 Å². The molecule has 1 fully saturated rings. The third kappa shape index (κ3) is 5.23. The van der Waals surface area contributed by atoms with Crippen LogP contribution in [0.5, 0.6) is 0 Å². The van der Waals surface area contributed by atoms with Crippen molar-refractivity contribution >= 4 is 40.0 Å². The Bertz CT molecular complexity index is 1600. The maximum atomic E-state index is 15.0. The lowest BCUT2D eigenvalue weighted by Crippen LogP contribution is -2.44. The molecule has 5 rings (SSSR count). The van der Waals surface area contributed by atoms with Gasteiger partial charge in [0.1, 0.15) is 11.6 Å². The van der Waals surface area contributed by atoms with Crippen LogP contribution in [0, 0.1) is 11.6 Å². The zero-order chi connectivity index (χ0) is 26.8. The van der Waals surface area contributed by atoms with Gasteiger partial charge in [0, 0.05) is 56.0 Å². The molecule has 0 aliphatic carbocycles. The zero-order valence-electron chi connectivity index (χ0n) is 20.6. The Morgan fingerprint density at radius 3 is 2.58 bits per heavy atom. The topological polar surface area (TPSA) is 95.4 Å². The fraction of sp³-hybridized carbons (Fsp3) is 0.185. The van der Waals surface area contributed by atoms with E-state index in [9.17, 15) is 14.0 Å². The van der Waals surface area contributed by atoms with Crippen molar-refractivity contribution in [3.05, 3.63) is 89.4 Å². The van der Waals surface area contributed by atoms with E-state index in [0.717, 1.165) is 44.0 Å². The highest BCUT2D eigenvalue weighted by molar-refractivity contribution is 5.99. The van der Waals surface area contributed by atoms with E-state index in [1.165, 1.54) is 41.2 Å². The first-order valence-electron chi connectivity index (χ1n) is 11.9. The van der Waals surface area contributed by atoms with Gasteiger partial charge in [0.15, 0.2) is 11.1 Å². The fourth-order valence-corrected chi connectivity index (χ4v) is 4.27. The molecule has 0 saturated carbocycles. The number of nitrogens with zero attached hydrogens (tertiary/aromatic N) is 5. The van der Waals surface area contributed by atoms with Crippen LogP contribution in [0.15, 0.2) is 72.3 Å². The van der Waals surface area contributed by atoms with Gasteiger partial charge < -0.3 is 25.0 Å². The number of piperazine rings is 1. The number of likely N-dealkylation sites (N-methyl/N-ethyl adjacent to an activating group) is 1. The quantitative estimate of drug-likeness (QED) is 0.377. The Hall–Kier alpha value is -4.64. The molecule has 38 heavy (non-hydrogen) atoms. The molecule has 1 aliphatic rings. The van der Waals surface area contributed by atoms with Gasteiger partial charge in [0.2, 0.25) is 11.9 Å². The van der Waals surface area contributed by atoms with Gasteiger partial charge in [-0.25, -0.2) is 13.8 Å². The number of fused-ring (bicyclic) bond motifs is 1. The van der Waals surface area contributed by atoms with Crippen LogP contribution in [-0.2, 0) is 4.79 Å². The van der Waals surface area contributed by atoms with Crippen LogP contribution in [0.2, 0.25) is 0 Å². The Labute approximate surface area is 217 Å². The van der Waals surface area contributed by atoms with Crippen LogP contribution in [0.25, 0.3) is 16.7 Å². The predicted molar refractivity (Wildman–Crippen MR) is 143 cm³/mol. The zero-order valence-corrected chi connectivity index (χ0v) is 20.6. The van der Waals surface area contributed by atoms with Gasteiger partial charge in [-0.2, -0.15) is 4.98 Å². The number of anilines is 4. The lowest BCUT2D eigenvalue weighted by Gasteiger charge is -2.34. The minimum Gasteiger partial charge on any atom is -0.369 e. The number of carbonyl (C=O) groups is 1. The number of pyridine rings is 1. The minimum atomic E-state index is -0.608. The van der Waals surface area contributed by atoms with Gasteiger partial charge >= 0.3 is 0 Å². The summed E-state index contributed by atoms with van der Waals surface area (Å²) in [6.45, 7) is 6.83. The molecular formula is C27H25F2N7O2. The highest BCUT2D eigenvalue weighted by Crippen LogP contribution is 2.26. The second kappa shape index (κ2) is 10.4. The number of halogens is 2. The predicted octanol–water partition coefficient (Wildman–Crippen LogP) is 3.68. The van der Waals surface area contributed by atoms with Crippen molar-refractivity contribution < 1.29 is 13.6 Å². The molecular weight excluding hydrogens is 492 g/mol. The van der Waals surface area contributed by atoms with E-state index in [1.807, 2.05) is 6.07 Å². The van der Waals surface area contributed by atoms with E-state index in [2.05, 4.69) is 44.0 Å². The molecule has 1 amide bonds. The number of amides is 1. The van der Waals surface area contributed by atoms with Crippen molar-refractivity contribution in [2.24, 2.45) is 0 Å². The van der Waals surface area contributed by atoms with E-state index < -0.39 is 17.5 Å². The summed E-state index contributed by atoms with van der Waals surface area (Å²) in [5, 5.41) is 5.58. The minimum absolute atomic E-state index is 0.0553. The fourth-order valence-electron chi connectivity index (χ4n) is 4.27. The monoisotopic (exact) mass is 517 g/mol. The first kappa shape index (κ1) is 25.0. The van der Waals surface area contributed by atoms with E-state index >= 15 is 4.39 Å². The van der Waals surface area contributed by atoms with Crippen LogP contribution in [0.4, 0.5) is 31.8 Å². The molecule has 11 heteroatoms. The molecule has 9 nitrogen and oxygen atoms in total. The summed E-state index contributed by atoms with van der Waals surface area (Å²) < 4.78 is 30.9. The number of hydrogen-bond donors (Lipinski definition) is 2. The summed E-state index contributed by atoms with van der Waals surface area (Å²) in [6, 6.07) is 10.2. The summed E-state index contributed by atoms with van der Waals surface area (Å²) >= 11 is 0.